The Hall–Kier alpha value is -4.48. The van der Waals surface area contributed by atoms with Crippen molar-refractivity contribution in [2.75, 3.05) is 0 Å². The number of hydrogen-bond donors (Lipinski definition) is 1. The molecule has 40 heavy (non-hydrogen) atoms. The van der Waals surface area contributed by atoms with Crippen LogP contribution in [-0.4, -0.2) is 26.7 Å². The van der Waals surface area contributed by atoms with Crippen LogP contribution in [-0.2, 0) is 15.9 Å². The van der Waals surface area contributed by atoms with Crippen molar-refractivity contribution >= 4 is 5.97 Å². The van der Waals surface area contributed by atoms with Gasteiger partial charge in [0.25, 0.3) is 0 Å². The molecule has 5 heteroatoms. The number of benzene rings is 4. The molecule has 1 fully saturated rings. The summed E-state index contributed by atoms with van der Waals surface area (Å²) in [6.07, 6.45) is 5.67. The van der Waals surface area contributed by atoms with Crippen LogP contribution in [0.4, 0.5) is 0 Å². The fourth-order valence-electron chi connectivity index (χ4n) is 5.97. The number of rotatable bonds is 7. The Bertz CT molecular complexity index is 1450. The van der Waals surface area contributed by atoms with Crippen LogP contribution in [0, 0.1) is 0 Å². The number of nitrogens with zero attached hydrogens (tertiary/aromatic N) is 2. The molecule has 5 aromatic rings. The molecule has 0 aliphatic heterocycles. The first-order valence-electron chi connectivity index (χ1n) is 13.8. The van der Waals surface area contributed by atoms with E-state index < -0.39 is 11.1 Å². The summed E-state index contributed by atoms with van der Waals surface area (Å²) in [5.41, 5.74) is 2.68. The van der Waals surface area contributed by atoms with Crippen LogP contribution in [0.1, 0.15) is 58.4 Å². The van der Waals surface area contributed by atoms with E-state index in [-0.39, 0.29) is 12.1 Å². The van der Waals surface area contributed by atoms with Gasteiger partial charge in [-0.05, 0) is 54.5 Å². The van der Waals surface area contributed by atoms with Crippen LogP contribution < -0.4 is 0 Å². The maximum atomic E-state index is 12.6. The van der Waals surface area contributed by atoms with Gasteiger partial charge in [0.15, 0.2) is 0 Å². The average molecular weight is 529 g/mol. The van der Waals surface area contributed by atoms with Crippen molar-refractivity contribution in [1.82, 2.24) is 9.55 Å². The molecule has 5 nitrogen and oxygen atoms in total. The normalized spacial score (nSPS) is 19.2. The monoisotopic (exact) mass is 528 g/mol. The quantitative estimate of drug-likeness (QED) is 0.188. The van der Waals surface area contributed by atoms with Gasteiger partial charge in [0.05, 0.1) is 17.6 Å². The number of aliphatic hydroxyl groups is 1. The van der Waals surface area contributed by atoms with Gasteiger partial charge < -0.3 is 14.4 Å². The van der Waals surface area contributed by atoms with Gasteiger partial charge in [-0.25, -0.2) is 9.78 Å². The first kappa shape index (κ1) is 25.8. The summed E-state index contributed by atoms with van der Waals surface area (Å²) in [5.74, 6) is -0.321. The molecule has 1 N–H and O–H groups in total. The Morgan fingerprint density at radius 2 is 1.20 bits per heavy atom. The van der Waals surface area contributed by atoms with Gasteiger partial charge in [-0.15, -0.1) is 0 Å². The Balaban J connectivity index is 1.33. The van der Waals surface area contributed by atoms with Crippen LogP contribution in [0.5, 0.6) is 0 Å². The molecule has 0 bridgehead atoms. The number of hydrogen-bond acceptors (Lipinski definition) is 4. The van der Waals surface area contributed by atoms with Crippen LogP contribution in [0.15, 0.2) is 134 Å². The SMILES string of the molecule is O=C(OC1CCC(O)(c2cn(C(c3ccccc3)(c3ccccc3)c3ccccc3)cn2)CC1)c1ccccc1. The van der Waals surface area contributed by atoms with Gasteiger partial charge in [0.2, 0.25) is 0 Å². The molecule has 1 aliphatic carbocycles. The maximum Gasteiger partial charge on any atom is 0.338 e. The van der Waals surface area contributed by atoms with Crippen LogP contribution in [0.2, 0.25) is 0 Å². The van der Waals surface area contributed by atoms with Crippen molar-refractivity contribution in [3.05, 3.63) is 162 Å². The van der Waals surface area contributed by atoms with E-state index in [9.17, 15) is 9.90 Å². The number of aromatic nitrogens is 2. The third kappa shape index (κ3) is 4.74. The van der Waals surface area contributed by atoms with Crippen molar-refractivity contribution in [1.29, 1.82) is 0 Å². The maximum absolute atomic E-state index is 12.6. The van der Waals surface area contributed by atoms with E-state index >= 15 is 0 Å². The fourth-order valence-corrected chi connectivity index (χ4v) is 5.97. The van der Waals surface area contributed by atoms with Gasteiger partial charge >= 0.3 is 5.97 Å². The molecular weight excluding hydrogens is 496 g/mol. The van der Waals surface area contributed by atoms with E-state index in [2.05, 4.69) is 77.4 Å². The molecule has 6 rings (SSSR count). The van der Waals surface area contributed by atoms with Gasteiger partial charge in [-0.2, -0.15) is 0 Å². The van der Waals surface area contributed by atoms with E-state index in [1.54, 1.807) is 12.1 Å². The summed E-state index contributed by atoms with van der Waals surface area (Å²) in [7, 11) is 0. The highest BCUT2D eigenvalue weighted by molar-refractivity contribution is 5.89. The molecule has 1 saturated carbocycles. The van der Waals surface area contributed by atoms with Crippen molar-refractivity contribution in [2.45, 2.75) is 42.9 Å². The Labute approximate surface area is 234 Å². The highest BCUT2D eigenvalue weighted by Crippen LogP contribution is 2.43. The number of carbonyl (C=O) groups excluding carboxylic acids is 1. The zero-order valence-electron chi connectivity index (χ0n) is 22.3. The van der Waals surface area contributed by atoms with Crippen LogP contribution >= 0.6 is 0 Å². The second kappa shape index (κ2) is 10.9. The third-order valence-electron chi connectivity index (χ3n) is 8.06. The predicted octanol–water partition coefficient (Wildman–Crippen LogP) is 6.71. The number of carbonyl (C=O) groups is 1. The smallest absolute Gasteiger partial charge is 0.338 e. The number of esters is 1. The minimum Gasteiger partial charge on any atom is -0.459 e. The summed E-state index contributed by atoms with van der Waals surface area (Å²) < 4.78 is 7.89. The van der Waals surface area contributed by atoms with E-state index in [4.69, 9.17) is 9.72 Å². The van der Waals surface area contributed by atoms with Crippen molar-refractivity contribution in [2.24, 2.45) is 0 Å². The highest BCUT2D eigenvalue weighted by atomic mass is 16.5. The lowest BCUT2D eigenvalue weighted by Crippen LogP contribution is -2.38. The number of ether oxygens (including phenoxy) is 1. The first-order chi connectivity index (χ1) is 19.6. The second-order valence-corrected chi connectivity index (χ2v) is 10.5. The summed E-state index contributed by atoms with van der Waals surface area (Å²) in [6, 6.07) is 40.3. The molecule has 0 amide bonds. The summed E-state index contributed by atoms with van der Waals surface area (Å²) in [5, 5.41) is 11.8. The zero-order valence-corrected chi connectivity index (χ0v) is 22.3. The topological polar surface area (TPSA) is 64.3 Å². The zero-order chi connectivity index (χ0) is 27.4. The average Bonchev–Trinajstić information content (AvgIpc) is 3.53. The summed E-state index contributed by atoms with van der Waals surface area (Å²) >= 11 is 0. The lowest BCUT2D eigenvalue weighted by molar-refractivity contribution is -0.0486. The van der Waals surface area contributed by atoms with E-state index in [0.29, 0.717) is 36.9 Å². The van der Waals surface area contributed by atoms with Gasteiger partial charge in [-0.1, -0.05) is 109 Å². The Morgan fingerprint density at radius 3 is 1.68 bits per heavy atom. The van der Waals surface area contributed by atoms with Gasteiger partial charge in [0, 0.05) is 6.20 Å². The largest absolute Gasteiger partial charge is 0.459 e. The Kier molecular flexibility index (Phi) is 7.06. The van der Waals surface area contributed by atoms with Crippen molar-refractivity contribution < 1.29 is 14.6 Å². The van der Waals surface area contributed by atoms with E-state index in [0.717, 1.165) is 16.7 Å². The molecule has 200 valence electrons. The first-order valence-corrected chi connectivity index (χ1v) is 13.8. The van der Waals surface area contributed by atoms with Gasteiger partial charge in [0.1, 0.15) is 17.2 Å². The molecule has 0 radical (unpaired) electrons. The number of imidazole rings is 1. The molecular formula is C35H32N2O3. The molecule has 0 saturated heterocycles. The van der Waals surface area contributed by atoms with Crippen LogP contribution in [0.25, 0.3) is 0 Å². The molecule has 1 heterocycles. The predicted molar refractivity (Wildman–Crippen MR) is 155 cm³/mol. The molecule has 1 aromatic heterocycles. The molecule has 0 spiro atoms. The lowest BCUT2D eigenvalue weighted by atomic mass is 9.76. The molecule has 0 unspecified atom stereocenters. The minimum absolute atomic E-state index is 0.230. The van der Waals surface area contributed by atoms with Gasteiger partial charge in [-0.3, -0.25) is 0 Å². The highest BCUT2D eigenvalue weighted by Gasteiger charge is 2.42. The summed E-state index contributed by atoms with van der Waals surface area (Å²) in [6.45, 7) is 0. The summed E-state index contributed by atoms with van der Waals surface area (Å²) in [4.78, 5) is 17.4. The molecule has 0 atom stereocenters. The Morgan fingerprint density at radius 1 is 0.750 bits per heavy atom. The fraction of sp³-hybridized carbons (Fsp3) is 0.200. The van der Waals surface area contributed by atoms with E-state index in [1.165, 1.54) is 0 Å². The van der Waals surface area contributed by atoms with E-state index in [1.807, 2.05) is 48.9 Å². The van der Waals surface area contributed by atoms with Crippen molar-refractivity contribution in [3.8, 4) is 0 Å². The standard InChI is InChI=1S/C35H32N2O3/c38-33(27-13-5-1-6-14-27)40-31-21-23-34(39,24-22-31)32-25-37(26-36-32)35(28-15-7-2-8-16-28,29-17-9-3-10-18-29)30-19-11-4-12-20-30/h1-20,25-26,31,39H,21-24H2. The second-order valence-electron chi connectivity index (χ2n) is 10.5. The lowest BCUT2D eigenvalue weighted by Gasteiger charge is -2.38. The molecule has 1 aliphatic rings. The third-order valence-corrected chi connectivity index (χ3v) is 8.06. The van der Waals surface area contributed by atoms with Crippen LogP contribution in [0.3, 0.4) is 0 Å². The minimum atomic E-state index is -1.10. The van der Waals surface area contributed by atoms with Crippen molar-refractivity contribution in [3.63, 3.8) is 0 Å². The molecule has 4 aromatic carbocycles.